The SMILES string of the molecule is CCNc1nc(Cl)nc(NC(C)(C)C#N)n1.Nc1c([N+](=O)[O-])ccc(Oc2ccccc2)c1Cl.O=C(O)CNCP(=O)(O)O. The first-order chi connectivity index (χ1) is 20.5. The van der Waals surface area contributed by atoms with Crippen LogP contribution in [0.3, 0.4) is 0 Å². The Morgan fingerprint density at radius 2 is 1.77 bits per heavy atom. The number of carboxylic acids is 1. The molecule has 20 heteroatoms. The number of carboxylic acid groups (broad SMARTS) is 1. The van der Waals surface area contributed by atoms with E-state index in [2.05, 4.69) is 37.0 Å². The maximum absolute atomic E-state index is 10.7. The molecule has 0 atom stereocenters. The molecule has 0 saturated heterocycles. The fourth-order valence-corrected chi connectivity index (χ4v) is 3.44. The molecule has 1 heterocycles. The van der Waals surface area contributed by atoms with Gasteiger partial charge in [-0.2, -0.15) is 20.2 Å². The number of nitrogens with two attached hydrogens (primary N) is 1. The minimum Gasteiger partial charge on any atom is -0.480 e. The highest BCUT2D eigenvalue weighted by Gasteiger charge is 2.19. The van der Waals surface area contributed by atoms with Crippen molar-refractivity contribution in [1.29, 1.82) is 5.26 Å². The Hall–Kier alpha value is -4.30. The summed E-state index contributed by atoms with van der Waals surface area (Å²) in [5.41, 5.74) is 4.49. The van der Waals surface area contributed by atoms with Gasteiger partial charge in [0.2, 0.25) is 17.2 Å². The number of nitrogen functional groups attached to an aromatic ring is 1. The number of rotatable bonds is 11. The van der Waals surface area contributed by atoms with E-state index in [4.69, 9.17) is 53.8 Å². The molecule has 0 aliphatic rings. The van der Waals surface area contributed by atoms with Crippen molar-refractivity contribution in [2.24, 2.45) is 0 Å². The number of nitrogens with one attached hydrogen (secondary N) is 3. The molecule has 2 aromatic carbocycles. The van der Waals surface area contributed by atoms with Crippen molar-refractivity contribution in [3.8, 4) is 17.6 Å². The van der Waals surface area contributed by atoms with E-state index >= 15 is 0 Å². The number of carbonyl (C=O) groups is 1. The summed E-state index contributed by atoms with van der Waals surface area (Å²) in [6, 6.07) is 13.7. The second kappa shape index (κ2) is 17.7. The Kier molecular flexibility index (Phi) is 15.2. The van der Waals surface area contributed by atoms with Gasteiger partial charge in [-0.1, -0.05) is 29.8 Å². The summed E-state index contributed by atoms with van der Waals surface area (Å²) in [4.78, 5) is 48.1. The minimum absolute atomic E-state index is 0.0352. The van der Waals surface area contributed by atoms with Crippen LogP contribution in [-0.4, -0.2) is 65.7 Å². The van der Waals surface area contributed by atoms with Crippen molar-refractivity contribution < 1.29 is 33.9 Å². The first-order valence-corrected chi connectivity index (χ1v) is 14.8. The van der Waals surface area contributed by atoms with E-state index in [0.717, 1.165) is 0 Å². The lowest BCUT2D eigenvalue weighted by Gasteiger charge is -2.17. The molecule has 0 fully saturated rings. The van der Waals surface area contributed by atoms with Gasteiger partial charge in [0.25, 0.3) is 5.69 Å². The minimum atomic E-state index is -4.10. The number of benzene rings is 2. The molecule has 3 aromatic rings. The fourth-order valence-electron chi connectivity index (χ4n) is 2.68. The molecule has 44 heavy (non-hydrogen) atoms. The summed E-state index contributed by atoms with van der Waals surface area (Å²) in [5.74, 6) is 0.383. The molecule has 0 spiro atoms. The maximum atomic E-state index is 10.7. The van der Waals surface area contributed by atoms with Crippen molar-refractivity contribution in [2.75, 3.05) is 35.7 Å². The maximum Gasteiger partial charge on any atom is 0.339 e. The molecule has 0 aliphatic carbocycles. The Bertz CT molecular complexity index is 1500. The molecule has 3 rings (SSSR count). The summed E-state index contributed by atoms with van der Waals surface area (Å²) in [6.45, 7) is 5.60. The van der Waals surface area contributed by atoms with Crippen LogP contribution in [-0.2, 0) is 9.36 Å². The molecule has 1 aromatic heterocycles. The van der Waals surface area contributed by atoms with Crippen molar-refractivity contribution in [3.63, 3.8) is 0 Å². The molecule has 0 unspecified atom stereocenters. The molecule has 0 aliphatic heterocycles. The number of aliphatic carboxylic acids is 1. The van der Waals surface area contributed by atoms with Gasteiger partial charge in [0.05, 0.1) is 23.8 Å². The highest BCUT2D eigenvalue weighted by atomic mass is 35.5. The number of nitrogens with zero attached hydrogens (tertiary/aromatic N) is 5. The predicted octanol–water partition coefficient (Wildman–Crippen LogP) is 4.09. The van der Waals surface area contributed by atoms with Gasteiger partial charge in [0.15, 0.2) is 0 Å². The lowest BCUT2D eigenvalue weighted by Crippen LogP contribution is -2.29. The van der Waals surface area contributed by atoms with Gasteiger partial charge >= 0.3 is 13.6 Å². The van der Waals surface area contributed by atoms with Gasteiger partial charge in [0, 0.05) is 12.6 Å². The Balaban J connectivity index is 0.000000345. The zero-order valence-corrected chi connectivity index (χ0v) is 26.0. The summed E-state index contributed by atoms with van der Waals surface area (Å²) >= 11 is 11.7. The molecule has 17 nitrogen and oxygen atoms in total. The highest BCUT2D eigenvalue weighted by molar-refractivity contribution is 7.51. The Morgan fingerprint density at radius 1 is 1.16 bits per heavy atom. The van der Waals surface area contributed by atoms with E-state index in [1.54, 1.807) is 38.1 Å². The summed E-state index contributed by atoms with van der Waals surface area (Å²) in [6.07, 6.45) is -0.598. The third-order valence-electron chi connectivity index (χ3n) is 4.53. The number of para-hydroxylation sites is 1. The number of hydrogen-bond donors (Lipinski definition) is 7. The van der Waals surface area contributed by atoms with Crippen molar-refractivity contribution in [2.45, 2.75) is 26.3 Å². The molecule has 0 radical (unpaired) electrons. The van der Waals surface area contributed by atoms with E-state index in [9.17, 15) is 19.5 Å². The zero-order valence-electron chi connectivity index (χ0n) is 23.6. The molecule has 0 bridgehead atoms. The normalized spacial score (nSPS) is 10.6. The Morgan fingerprint density at radius 3 is 2.30 bits per heavy atom. The zero-order chi connectivity index (χ0) is 33.5. The lowest BCUT2D eigenvalue weighted by molar-refractivity contribution is -0.383. The van der Waals surface area contributed by atoms with Crippen LogP contribution in [0.25, 0.3) is 0 Å². The van der Waals surface area contributed by atoms with Crippen LogP contribution in [0.1, 0.15) is 20.8 Å². The predicted molar refractivity (Wildman–Crippen MR) is 164 cm³/mol. The van der Waals surface area contributed by atoms with Gasteiger partial charge < -0.3 is 36.0 Å². The van der Waals surface area contributed by atoms with Crippen molar-refractivity contribution >= 4 is 60.0 Å². The third kappa shape index (κ3) is 14.7. The number of nitro benzene ring substituents is 1. The van der Waals surface area contributed by atoms with Gasteiger partial charge in [-0.25, -0.2) is 0 Å². The molecule has 238 valence electrons. The van der Waals surface area contributed by atoms with E-state index in [-0.39, 0.29) is 33.4 Å². The van der Waals surface area contributed by atoms with Crippen LogP contribution in [0, 0.1) is 21.4 Å². The average molecular weight is 674 g/mol. The van der Waals surface area contributed by atoms with Crippen LogP contribution < -0.4 is 26.4 Å². The lowest BCUT2D eigenvalue weighted by atomic mass is 10.1. The first kappa shape index (κ1) is 37.7. The average Bonchev–Trinajstić information content (AvgIpc) is 2.91. The molecular formula is C24H30Cl2N9O8P. The summed E-state index contributed by atoms with van der Waals surface area (Å²) in [5, 5.41) is 35.5. The van der Waals surface area contributed by atoms with Gasteiger partial charge in [-0.3, -0.25) is 24.8 Å². The number of halogens is 2. The van der Waals surface area contributed by atoms with Crippen LogP contribution in [0.2, 0.25) is 10.3 Å². The topological polar surface area (TPSA) is 272 Å². The summed E-state index contributed by atoms with van der Waals surface area (Å²) < 4.78 is 15.5. The van der Waals surface area contributed by atoms with Crippen LogP contribution in [0.4, 0.5) is 23.3 Å². The summed E-state index contributed by atoms with van der Waals surface area (Å²) in [7, 11) is -4.10. The van der Waals surface area contributed by atoms with Crippen molar-refractivity contribution in [1.82, 2.24) is 20.3 Å². The van der Waals surface area contributed by atoms with Crippen LogP contribution >= 0.6 is 30.8 Å². The van der Waals surface area contributed by atoms with Gasteiger partial charge in [-0.05, 0) is 50.6 Å². The quantitative estimate of drug-likeness (QED) is 0.0653. The Labute approximate surface area is 261 Å². The standard InChI is InChI=1S/C12H9ClN2O3.C9H13ClN6.C3H8NO5P/c13-11-10(18-8-4-2-1-3-5-8)7-6-9(12(11)14)15(16)17;1-4-12-7-13-6(10)14-8(15-7)16-9(2,3)5-11;5-3(6)1-4-2-10(7,8)9/h1-7H,14H2;4H2,1-3H3,(H2,12,13,14,15,16);4H,1-2H2,(H,5,6)(H2,7,8,9). The fraction of sp³-hybridized carbons (Fsp3) is 0.292. The smallest absolute Gasteiger partial charge is 0.339 e. The van der Waals surface area contributed by atoms with Crippen molar-refractivity contribution in [3.05, 3.63) is 62.9 Å². The third-order valence-corrected chi connectivity index (χ3v) is 5.72. The highest BCUT2D eigenvalue weighted by Crippen LogP contribution is 2.38. The van der Waals surface area contributed by atoms with Gasteiger partial charge in [0.1, 0.15) is 27.7 Å². The number of ether oxygens (including phenoxy) is 1. The van der Waals surface area contributed by atoms with Crippen LogP contribution in [0.15, 0.2) is 42.5 Å². The van der Waals surface area contributed by atoms with E-state index in [1.165, 1.54) is 12.1 Å². The number of aromatic nitrogens is 3. The second-order valence-electron chi connectivity index (χ2n) is 8.77. The molecular weight excluding hydrogens is 644 g/mol. The first-order valence-electron chi connectivity index (χ1n) is 12.2. The van der Waals surface area contributed by atoms with E-state index < -0.39 is 36.9 Å². The number of hydrogen-bond acceptors (Lipinski definition) is 13. The second-order valence-corrected chi connectivity index (χ2v) is 11.1. The molecule has 0 saturated carbocycles. The molecule has 8 N–H and O–H groups in total. The van der Waals surface area contributed by atoms with E-state index in [0.29, 0.717) is 18.2 Å². The van der Waals surface area contributed by atoms with Crippen LogP contribution in [0.5, 0.6) is 11.5 Å². The largest absolute Gasteiger partial charge is 0.480 e. The van der Waals surface area contributed by atoms with Gasteiger partial charge in [-0.15, -0.1) is 0 Å². The van der Waals surface area contributed by atoms with E-state index in [1.807, 2.05) is 13.0 Å². The number of nitro groups is 1. The monoisotopic (exact) mass is 673 g/mol. The number of anilines is 3. The molecule has 0 amide bonds. The number of nitriles is 1.